The fourth-order valence-electron chi connectivity index (χ4n) is 23.0. The lowest BCUT2D eigenvalue weighted by atomic mass is 9.80. The molecule has 0 fully saturated rings. The van der Waals surface area contributed by atoms with Crippen LogP contribution in [0.15, 0.2) is 358 Å². The van der Waals surface area contributed by atoms with Gasteiger partial charge in [0.05, 0.1) is 55.5 Å². The summed E-state index contributed by atoms with van der Waals surface area (Å²) in [6, 6.07) is 132. The number of fused-ring (bicyclic) bond motifs is 28. The van der Waals surface area contributed by atoms with Crippen molar-refractivity contribution in [1.29, 1.82) is 0 Å². The predicted molar refractivity (Wildman–Crippen MR) is 523 cm³/mol. The van der Waals surface area contributed by atoms with Crippen LogP contribution in [-0.4, -0.2) is 33.6 Å². The summed E-state index contributed by atoms with van der Waals surface area (Å²) in [6.45, 7) is 9.56. The van der Waals surface area contributed by atoms with Crippen molar-refractivity contribution in [2.45, 2.75) is 38.5 Å². The number of aromatic nitrogens is 7. The molecular formula is C116H71N7S. The second kappa shape index (κ2) is 24.6. The van der Waals surface area contributed by atoms with Crippen molar-refractivity contribution in [3.05, 3.63) is 380 Å². The molecule has 0 saturated carbocycles. The second-order valence-corrected chi connectivity index (χ2v) is 36.3. The molecule has 6 heterocycles. The van der Waals surface area contributed by atoms with E-state index in [1.54, 1.807) is 0 Å². The Labute approximate surface area is 714 Å². The highest BCUT2D eigenvalue weighted by molar-refractivity contribution is 7.26. The molecule has 29 rings (SSSR count). The molecule has 0 spiro atoms. The average Bonchev–Trinajstić information content (AvgIpc) is 1.45. The van der Waals surface area contributed by atoms with E-state index in [0.717, 1.165) is 77.6 Å². The summed E-state index contributed by atoms with van der Waals surface area (Å²) in [4.78, 5) is 22.1. The van der Waals surface area contributed by atoms with Crippen LogP contribution in [0.1, 0.15) is 49.9 Å². The summed E-state index contributed by atoms with van der Waals surface area (Å²) in [5.41, 5.74) is 24.5. The van der Waals surface area contributed by atoms with Crippen molar-refractivity contribution in [1.82, 2.24) is 33.6 Å². The number of para-hydroxylation sites is 6. The molecule has 0 bridgehead atoms. The maximum Gasteiger partial charge on any atom is 0.235 e. The molecule has 21 aromatic carbocycles. The molecule has 0 saturated heterocycles. The first-order valence-corrected chi connectivity index (χ1v) is 43.8. The fraction of sp³-hybridized carbons (Fsp3) is 0.0517. The minimum atomic E-state index is -0.142. The van der Waals surface area contributed by atoms with Gasteiger partial charge in [0.15, 0.2) is 0 Å². The van der Waals surface area contributed by atoms with Gasteiger partial charge in [-0.15, -0.1) is 11.3 Å². The minimum Gasteiger partial charge on any atom is -0.309 e. The molecule has 7 nitrogen and oxygen atoms in total. The molecule has 124 heavy (non-hydrogen) atoms. The zero-order valence-electron chi connectivity index (χ0n) is 68.1. The van der Waals surface area contributed by atoms with Gasteiger partial charge in [-0.3, -0.25) is 9.13 Å². The average molecular weight is 1590 g/mol. The van der Waals surface area contributed by atoms with E-state index in [0.29, 0.717) is 11.9 Å². The van der Waals surface area contributed by atoms with Crippen molar-refractivity contribution in [3.63, 3.8) is 0 Å². The lowest BCUT2D eigenvalue weighted by molar-refractivity contribution is 0.661. The zero-order valence-corrected chi connectivity index (χ0v) is 68.9. The van der Waals surface area contributed by atoms with Crippen molar-refractivity contribution in [3.8, 4) is 62.4 Å². The first-order valence-electron chi connectivity index (χ1n) is 43.0. The van der Waals surface area contributed by atoms with Gasteiger partial charge >= 0.3 is 0 Å². The van der Waals surface area contributed by atoms with Crippen LogP contribution in [0, 0.1) is 0 Å². The van der Waals surface area contributed by atoms with Gasteiger partial charge in [0.2, 0.25) is 11.9 Å². The molecule has 0 amide bonds. The summed E-state index contributed by atoms with van der Waals surface area (Å²) in [6.07, 6.45) is 0. The lowest BCUT2D eigenvalue weighted by Crippen LogP contribution is -2.14. The van der Waals surface area contributed by atoms with Gasteiger partial charge < -0.3 is 4.57 Å². The summed E-state index contributed by atoms with van der Waals surface area (Å²) in [7, 11) is 0. The lowest BCUT2D eigenvalue weighted by Gasteiger charge is -2.23. The van der Waals surface area contributed by atoms with Gasteiger partial charge in [-0.25, -0.2) is 19.9 Å². The molecular weight excluding hydrogens is 1520 g/mol. The van der Waals surface area contributed by atoms with Crippen LogP contribution >= 0.6 is 11.3 Å². The normalized spacial score (nSPS) is 13.6. The second-order valence-electron chi connectivity index (χ2n) is 35.3. The number of benzene rings is 21. The standard InChI is InChI=1S/C61H38N4.C55H33N3S/c1-61(2)48-26-10-6-19-40(48)57-43-24-14-22-38-39-23-15-25-44-56(39)47(46(55(38)43)33-49(57)61)34-54-58(44)42-21-9-13-29-52(42)65(54)60-62-50-27-11-7-20-41(50)59(63-60)35-30-31-53-45(32-35)37-18-8-12-28-51(37)64(53)36-16-4-3-5-17-36;1-55(2)42-24-7-3-15-34(42)50-37-21-11-18-31-32-19-12-22-38-49(32)41(40(48(31)37)28-43(50)55)29-46-51(38)36-17-5-9-26-45(36)58(46)54-56-44-25-8-4-16-35(44)52(57-54)39-23-13-20-33-30-14-6-10-27-47(30)59-53(33)39/h3-34H,1-2H3;3-29H,1-2H3. The maximum atomic E-state index is 5.64. The molecule has 0 atom stereocenters. The van der Waals surface area contributed by atoms with E-state index >= 15 is 0 Å². The Morgan fingerprint density at radius 1 is 0.226 bits per heavy atom. The molecule has 0 N–H and O–H groups in total. The Bertz CT molecular complexity index is 9460. The SMILES string of the molecule is CC1(C)c2ccccc2-c2c1cc1c3cc4c(c5cccc(c6cccc2c61)c35)c1ccccc1n4-c1nc(-c2ccc3c(c2)c2ccccc2n3-c2ccccc2)c2ccccc2n1.CC1(C)c2ccccc2-c2c1cc1c3cc4c(c5cccc(c6cccc2c61)c35)c1ccccc1n4-c1nc(-c2cccc3c2sc2ccccc23)c2ccccc2n1. The number of hydrogen-bond acceptors (Lipinski definition) is 5. The monoisotopic (exact) mass is 1590 g/mol. The van der Waals surface area contributed by atoms with E-state index in [1.807, 2.05) is 11.3 Å². The van der Waals surface area contributed by atoms with Crippen LogP contribution < -0.4 is 0 Å². The smallest absolute Gasteiger partial charge is 0.235 e. The summed E-state index contributed by atoms with van der Waals surface area (Å²) < 4.78 is 9.56. The van der Waals surface area contributed by atoms with Crippen LogP contribution in [0.5, 0.6) is 0 Å². The van der Waals surface area contributed by atoms with Crippen molar-refractivity contribution < 1.29 is 0 Å². The first-order chi connectivity index (χ1) is 61.1. The van der Waals surface area contributed by atoms with Crippen LogP contribution in [0.3, 0.4) is 0 Å². The summed E-state index contributed by atoms with van der Waals surface area (Å²) in [5.74, 6) is 1.34. The quantitative estimate of drug-likeness (QED) is 0.127. The molecule has 6 aromatic heterocycles. The maximum absolute atomic E-state index is 5.64. The van der Waals surface area contributed by atoms with Gasteiger partial charge in [0, 0.05) is 90.9 Å². The minimum absolute atomic E-state index is 0.131. The van der Waals surface area contributed by atoms with E-state index in [-0.39, 0.29) is 10.8 Å². The van der Waals surface area contributed by atoms with E-state index in [4.69, 9.17) is 19.9 Å². The van der Waals surface area contributed by atoms with E-state index in [9.17, 15) is 0 Å². The highest BCUT2D eigenvalue weighted by atomic mass is 32.1. The Kier molecular flexibility index (Phi) is 13.6. The summed E-state index contributed by atoms with van der Waals surface area (Å²) >= 11 is 1.84. The highest BCUT2D eigenvalue weighted by Crippen LogP contribution is 2.59. The number of nitrogens with zero attached hydrogens (tertiary/aromatic N) is 7. The third-order valence-electron chi connectivity index (χ3n) is 28.4. The molecule has 27 aromatic rings. The van der Waals surface area contributed by atoms with E-state index in [2.05, 4.69) is 399 Å². The molecule has 2 aliphatic carbocycles. The van der Waals surface area contributed by atoms with Gasteiger partial charge in [0.25, 0.3) is 0 Å². The fourth-order valence-corrected chi connectivity index (χ4v) is 24.3. The van der Waals surface area contributed by atoms with Gasteiger partial charge in [-0.05, 0) is 216 Å². The molecule has 8 heteroatoms. The Hall–Kier alpha value is -15.5. The molecule has 0 aliphatic heterocycles. The van der Waals surface area contributed by atoms with Crippen molar-refractivity contribution in [2.75, 3.05) is 0 Å². The Balaban J connectivity index is 0.000000127. The molecule has 0 radical (unpaired) electrons. The van der Waals surface area contributed by atoms with E-state index in [1.165, 1.54) is 189 Å². The summed E-state index contributed by atoms with van der Waals surface area (Å²) in [5, 5.41) is 32.6. The van der Waals surface area contributed by atoms with Crippen molar-refractivity contribution >= 4 is 205 Å². The van der Waals surface area contributed by atoms with E-state index < -0.39 is 0 Å². The largest absolute Gasteiger partial charge is 0.309 e. The molecule has 576 valence electrons. The first kappa shape index (κ1) is 68.3. The van der Waals surface area contributed by atoms with Crippen LogP contribution in [0.4, 0.5) is 0 Å². The third kappa shape index (κ3) is 8.98. The Morgan fingerprint density at radius 2 is 0.613 bits per heavy atom. The van der Waals surface area contributed by atoms with Gasteiger partial charge in [-0.1, -0.05) is 301 Å². The number of rotatable bonds is 5. The highest BCUT2D eigenvalue weighted by Gasteiger charge is 2.40. The number of hydrogen-bond donors (Lipinski definition) is 0. The number of thiophene rings is 1. The van der Waals surface area contributed by atoms with Crippen LogP contribution in [0.25, 0.3) is 256 Å². The van der Waals surface area contributed by atoms with Gasteiger partial charge in [-0.2, -0.15) is 0 Å². The molecule has 0 unspecified atom stereocenters. The van der Waals surface area contributed by atoms with Gasteiger partial charge in [0.1, 0.15) is 0 Å². The van der Waals surface area contributed by atoms with Crippen molar-refractivity contribution in [2.24, 2.45) is 0 Å². The van der Waals surface area contributed by atoms with Crippen LogP contribution in [0.2, 0.25) is 0 Å². The van der Waals surface area contributed by atoms with Crippen LogP contribution in [-0.2, 0) is 10.8 Å². The predicted octanol–water partition coefficient (Wildman–Crippen LogP) is 31.0. The Morgan fingerprint density at radius 3 is 1.17 bits per heavy atom. The molecule has 2 aliphatic rings. The zero-order chi connectivity index (χ0) is 81.4. The topological polar surface area (TPSA) is 66.3 Å². The third-order valence-corrected chi connectivity index (χ3v) is 29.6.